The summed E-state index contributed by atoms with van der Waals surface area (Å²) < 4.78 is 10.1. The van der Waals surface area contributed by atoms with E-state index in [-0.39, 0.29) is 17.6 Å². The summed E-state index contributed by atoms with van der Waals surface area (Å²) in [6.45, 7) is 2.17. The molecular formula is C18H17N3O4S. The van der Waals surface area contributed by atoms with Gasteiger partial charge in [-0.05, 0) is 36.2 Å². The summed E-state index contributed by atoms with van der Waals surface area (Å²) in [6, 6.07) is 8.55. The maximum Gasteiger partial charge on any atom is 0.291 e. The zero-order chi connectivity index (χ0) is 18.5. The molecule has 0 spiro atoms. The number of thiophene rings is 1. The molecule has 3 heterocycles. The van der Waals surface area contributed by atoms with Crippen molar-refractivity contribution in [1.29, 1.82) is 0 Å². The molecule has 0 saturated carbocycles. The molecule has 3 aromatic heterocycles. The predicted octanol–water partition coefficient (Wildman–Crippen LogP) is 3.24. The molecule has 3 rings (SSSR count). The molecule has 0 bridgehead atoms. The van der Waals surface area contributed by atoms with Crippen LogP contribution in [-0.4, -0.2) is 23.9 Å². The van der Waals surface area contributed by atoms with Crippen LogP contribution in [0.3, 0.4) is 0 Å². The Hall–Kier alpha value is -3.13. The van der Waals surface area contributed by atoms with Gasteiger partial charge in [0.2, 0.25) is 5.88 Å². The first-order chi connectivity index (χ1) is 12.6. The van der Waals surface area contributed by atoms with Crippen molar-refractivity contribution in [2.45, 2.75) is 13.5 Å². The Labute approximate surface area is 154 Å². The van der Waals surface area contributed by atoms with Gasteiger partial charge < -0.3 is 19.8 Å². The molecular weight excluding hydrogens is 354 g/mol. The van der Waals surface area contributed by atoms with Crippen molar-refractivity contribution < 1.29 is 18.7 Å². The van der Waals surface area contributed by atoms with Crippen molar-refractivity contribution in [2.24, 2.45) is 0 Å². The van der Waals surface area contributed by atoms with Crippen LogP contribution in [0.5, 0.6) is 5.88 Å². The molecule has 0 aromatic carbocycles. The zero-order valence-electron chi connectivity index (χ0n) is 14.2. The van der Waals surface area contributed by atoms with E-state index in [2.05, 4.69) is 15.6 Å². The minimum Gasteiger partial charge on any atom is -0.481 e. The van der Waals surface area contributed by atoms with E-state index in [0.717, 1.165) is 11.1 Å². The van der Waals surface area contributed by atoms with Gasteiger partial charge in [-0.15, -0.1) is 11.3 Å². The highest BCUT2D eigenvalue weighted by molar-refractivity contribution is 7.18. The van der Waals surface area contributed by atoms with E-state index in [1.807, 2.05) is 13.0 Å². The van der Waals surface area contributed by atoms with E-state index in [1.165, 1.54) is 17.6 Å². The van der Waals surface area contributed by atoms with Gasteiger partial charge in [-0.25, -0.2) is 4.98 Å². The summed E-state index contributed by atoms with van der Waals surface area (Å²) in [7, 11) is 1.55. The fourth-order valence-electron chi connectivity index (χ4n) is 2.25. The monoisotopic (exact) mass is 371 g/mol. The first kappa shape index (κ1) is 17.7. The summed E-state index contributed by atoms with van der Waals surface area (Å²) >= 11 is 1.21. The topological polar surface area (TPSA) is 93.5 Å². The van der Waals surface area contributed by atoms with Crippen molar-refractivity contribution in [3.63, 3.8) is 0 Å². The molecule has 0 saturated heterocycles. The first-order valence-electron chi connectivity index (χ1n) is 7.79. The van der Waals surface area contributed by atoms with Crippen molar-refractivity contribution in [2.75, 3.05) is 12.4 Å². The molecule has 26 heavy (non-hydrogen) atoms. The SMILES string of the molecule is COc1ccc(CNC(=O)c2sc(NC(=O)c3ccco3)cc2C)cn1. The van der Waals surface area contributed by atoms with Crippen LogP contribution in [0.25, 0.3) is 0 Å². The number of hydrogen-bond acceptors (Lipinski definition) is 6. The number of rotatable bonds is 6. The number of anilines is 1. The molecule has 2 amide bonds. The molecule has 0 atom stereocenters. The third-order valence-corrected chi connectivity index (χ3v) is 4.72. The fraction of sp³-hybridized carbons (Fsp3) is 0.167. The lowest BCUT2D eigenvalue weighted by Crippen LogP contribution is -2.22. The molecule has 8 heteroatoms. The van der Waals surface area contributed by atoms with Gasteiger partial charge in [-0.2, -0.15) is 0 Å². The molecule has 7 nitrogen and oxygen atoms in total. The molecule has 0 radical (unpaired) electrons. The van der Waals surface area contributed by atoms with Crippen LogP contribution in [0.15, 0.2) is 47.2 Å². The lowest BCUT2D eigenvalue weighted by molar-refractivity contribution is 0.0953. The molecule has 0 fully saturated rings. The minimum atomic E-state index is -0.354. The number of aryl methyl sites for hydroxylation is 1. The van der Waals surface area contributed by atoms with Crippen LogP contribution >= 0.6 is 11.3 Å². The summed E-state index contributed by atoms with van der Waals surface area (Å²) in [5.41, 5.74) is 1.65. The van der Waals surface area contributed by atoms with Gasteiger partial charge in [-0.1, -0.05) is 6.07 Å². The Balaban J connectivity index is 1.62. The maximum absolute atomic E-state index is 12.4. The van der Waals surface area contributed by atoms with Crippen LogP contribution < -0.4 is 15.4 Å². The molecule has 0 unspecified atom stereocenters. The van der Waals surface area contributed by atoms with Crippen LogP contribution in [0.4, 0.5) is 5.00 Å². The Bertz CT molecular complexity index is 901. The summed E-state index contributed by atoms with van der Waals surface area (Å²) in [4.78, 5) is 29.1. The Morgan fingerprint density at radius 3 is 2.77 bits per heavy atom. The Morgan fingerprint density at radius 2 is 2.12 bits per heavy atom. The molecule has 134 valence electrons. The first-order valence-corrected chi connectivity index (χ1v) is 8.61. The lowest BCUT2D eigenvalue weighted by atomic mass is 10.2. The molecule has 0 aliphatic rings. The highest BCUT2D eigenvalue weighted by Crippen LogP contribution is 2.27. The number of hydrogen-bond donors (Lipinski definition) is 2. The normalized spacial score (nSPS) is 10.4. The summed E-state index contributed by atoms with van der Waals surface area (Å²) in [6.07, 6.45) is 3.08. The second-order valence-electron chi connectivity index (χ2n) is 5.45. The van der Waals surface area contributed by atoms with E-state index < -0.39 is 0 Å². The fourth-order valence-corrected chi connectivity index (χ4v) is 3.23. The largest absolute Gasteiger partial charge is 0.481 e. The molecule has 3 aromatic rings. The number of furan rings is 1. The summed E-state index contributed by atoms with van der Waals surface area (Å²) in [5, 5.41) is 6.16. The molecule has 0 aliphatic carbocycles. The smallest absolute Gasteiger partial charge is 0.291 e. The molecule has 2 N–H and O–H groups in total. The van der Waals surface area contributed by atoms with Crippen molar-refractivity contribution in [1.82, 2.24) is 10.3 Å². The second-order valence-corrected chi connectivity index (χ2v) is 6.50. The lowest BCUT2D eigenvalue weighted by Gasteiger charge is -2.05. The van der Waals surface area contributed by atoms with Crippen molar-refractivity contribution in [3.8, 4) is 5.88 Å². The Morgan fingerprint density at radius 1 is 1.27 bits per heavy atom. The number of pyridine rings is 1. The van der Waals surface area contributed by atoms with Gasteiger partial charge in [0.05, 0.1) is 23.3 Å². The maximum atomic E-state index is 12.4. The number of aromatic nitrogens is 1. The van der Waals surface area contributed by atoms with Gasteiger partial charge >= 0.3 is 0 Å². The van der Waals surface area contributed by atoms with Crippen LogP contribution in [0.1, 0.15) is 31.4 Å². The standard InChI is InChI=1S/C18H17N3O4S/c1-11-8-15(21-17(22)13-4-3-7-25-13)26-16(11)18(23)20-10-12-5-6-14(24-2)19-9-12/h3-9H,10H2,1-2H3,(H,20,23)(H,21,22). The number of carbonyl (C=O) groups is 2. The third-order valence-electron chi connectivity index (χ3n) is 3.57. The van der Waals surface area contributed by atoms with Crippen molar-refractivity contribution >= 4 is 28.2 Å². The van der Waals surface area contributed by atoms with E-state index in [4.69, 9.17) is 9.15 Å². The average Bonchev–Trinajstić information content (AvgIpc) is 3.30. The van der Waals surface area contributed by atoms with Gasteiger partial charge in [0, 0.05) is 18.8 Å². The molecule has 0 aliphatic heterocycles. The van der Waals surface area contributed by atoms with Gasteiger partial charge in [-0.3, -0.25) is 9.59 Å². The predicted molar refractivity (Wildman–Crippen MR) is 97.7 cm³/mol. The number of nitrogens with one attached hydrogen (secondary N) is 2. The van der Waals surface area contributed by atoms with Crippen LogP contribution in [-0.2, 0) is 6.54 Å². The highest BCUT2D eigenvalue weighted by Gasteiger charge is 2.16. The van der Waals surface area contributed by atoms with Gasteiger partial charge in [0.25, 0.3) is 11.8 Å². The minimum absolute atomic E-state index is 0.207. The van der Waals surface area contributed by atoms with E-state index in [0.29, 0.717) is 22.3 Å². The number of amides is 2. The summed E-state index contributed by atoms with van der Waals surface area (Å²) in [5.74, 6) is 0.175. The zero-order valence-corrected chi connectivity index (χ0v) is 15.1. The van der Waals surface area contributed by atoms with E-state index in [1.54, 1.807) is 37.6 Å². The van der Waals surface area contributed by atoms with Crippen molar-refractivity contribution in [3.05, 3.63) is 64.6 Å². The number of nitrogens with zero attached hydrogens (tertiary/aromatic N) is 1. The van der Waals surface area contributed by atoms with Gasteiger partial charge in [0.15, 0.2) is 5.76 Å². The van der Waals surface area contributed by atoms with Crippen LogP contribution in [0.2, 0.25) is 0 Å². The number of methoxy groups -OCH3 is 1. The number of carbonyl (C=O) groups excluding carboxylic acids is 2. The van der Waals surface area contributed by atoms with Gasteiger partial charge in [0.1, 0.15) is 0 Å². The third kappa shape index (κ3) is 4.09. The van der Waals surface area contributed by atoms with E-state index >= 15 is 0 Å². The second kappa shape index (κ2) is 7.83. The van der Waals surface area contributed by atoms with E-state index in [9.17, 15) is 9.59 Å². The highest BCUT2D eigenvalue weighted by atomic mass is 32.1. The average molecular weight is 371 g/mol. The number of ether oxygens (including phenoxy) is 1. The van der Waals surface area contributed by atoms with Crippen LogP contribution in [0, 0.1) is 6.92 Å². The Kier molecular flexibility index (Phi) is 5.33. The quantitative estimate of drug-likeness (QED) is 0.694.